The van der Waals surface area contributed by atoms with Gasteiger partial charge in [0.1, 0.15) is 0 Å². The van der Waals surface area contributed by atoms with Gasteiger partial charge in [0.05, 0.1) is 7.11 Å². The van der Waals surface area contributed by atoms with Crippen molar-refractivity contribution in [1.82, 2.24) is 0 Å². The van der Waals surface area contributed by atoms with E-state index in [0.29, 0.717) is 19.3 Å². The van der Waals surface area contributed by atoms with Crippen molar-refractivity contribution in [2.75, 3.05) is 12.4 Å². The third-order valence-corrected chi connectivity index (χ3v) is 2.91. The van der Waals surface area contributed by atoms with Crippen molar-refractivity contribution < 1.29 is 14.3 Å². The lowest BCUT2D eigenvalue weighted by atomic mass is 9.98. The maximum Gasteiger partial charge on any atom is 0.305 e. The highest BCUT2D eigenvalue weighted by Gasteiger charge is 2.14. The Labute approximate surface area is 100.0 Å². The highest BCUT2D eigenvalue weighted by Crippen LogP contribution is 2.24. The number of hydrogen-bond acceptors (Lipinski definition) is 3. The van der Waals surface area contributed by atoms with Gasteiger partial charge in [-0.3, -0.25) is 9.59 Å². The van der Waals surface area contributed by atoms with E-state index in [9.17, 15) is 9.59 Å². The quantitative estimate of drug-likeness (QED) is 0.808. The number of hydrogen-bond donors (Lipinski definition) is 1. The van der Waals surface area contributed by atoms with E-state index in [4.69, 9.17) is 0 Å². The molecule has 0 saturated carbocycles. The fourth-order valence-corrected chi connectivity index (χ4v) is 1.94. The fraction of sp³-hybridized carbons (Fsp3) is 0.385. The van der Waals surface area contributed by atoms with E-state index < -0.39 is 0 Å². The van der Waals surface area contributed by atoms with E-state index in [0.717, 1.165) is 23.2 Å². The van der Waals surface area contributed by atoms with Crippen LogP contribution in [0.4, 0.5) is 5.69 Å². The molecule has 1 aromatic rings. The van der Waals surface area contributed by atoms with E-state index in [1.165, 1.54) is 7.11 Å². The van der Waals surface area contributed by atoms with Crippen molar-refractivity contribution in [3.63, 3.8) is 0 Å². The number of carbonyl (C=O) groups is 2. The molecule has 0 fully saturated rings. The van der Waals surface area contributed by atoms with Crippen LogP contribution in [0.25, 0.3) is 0 Å². The van der Waals surface area contributed by atoms with Crippen LogP contribution in [0.3, 0.4) is 0 Å². The number of rotatable bonds is 3. The molecule has 4 nitrogen and oxygen atoms in total. The summed E-state index contributed by atoms with van der Waals surface area (Å²) in [4.78, 5) is 22.2. The van der Waals surface area contributed by atoms with Gasteiger partial charge in [-0.2, -0.15) is 0 Å². The van der Waals surface area contributed by atoms with Crippen LogP contribution in [-0.2, 0) is 27.2 Å². The molecule has 0 atom stereocenters. The lowest BCUT2D eigenvalue weighted by molar-refractivity contribution is -0.140. The lowest BCUT2D eigenvalue weighted by Gasteiger charge is -2.17. The van der Waals surface area contributed by atoms with E-state index in [1.807, 2.05) is 12.1 Å². The molecule has 0 saturated heterocycles. The highest BCUT2D eigenvalue weighted by atomic mass is 16.5. The summed E-state index contributed by atoms with van der Waals surface area (Å²) in [6.07, 6.45) is 2.37. The second kappa shape index (κ2) is 4.99. The maximum absolute atomic E-state index is 11.2. The van der Waals surface area contributed by atoms with Gasteiger partial charge in [0.25, 0.3) is 0 Å². The van der Waals surface area contributed by atoms with Crippen molar-refractivity contribution in [3.8, 4) is 0 Å². The molecule has 1 aliphatic heterocycles. The standard InChI is InChI=1S/C13H15NO3/c1-17-13(16)7-3-9-2-5-11-10(8-9)4-6-12(15)14-11/h2,5,8H,3-4,6-7H2,1H3,(H,14,15). The molecule has 4 heteroatoms. The average Bonchev–Trinajstić information content (AvgIpc) is 2.35. The van der Waals surface area contributed by atoms with E-state index in [1.54, 1.807) is 0 Å². The van der Waals surface area contributed by atoms with Crippen LogP contribution < -0.4 is 5.32 Å². The molecule has 0 aliphatic carbocycles. The summed E-state index contributed by atoms with van der Waals surface area (Å²) >= 11 is 0. The van der Waals surface area contributed by atoms with Crippen LogP contribution in [0.5, 0.6) is 0 Å². The number of fused-ring (bicyclic) bond motifs is 1. The second-order valence-electron chi connectivity index (χ2n) is 4.12. The van der Waals surface area contributed by atoms with Crippen molar-refractivity contribution in [2.24, 2.45) is 0 Å². The van der Waals surface area contributed by atoms with Gasteiger partial charge >= 0.3 is 5.97 Å². The average molecular weight is 233 g/mol. The summed E-state index contributed by atoms with van der Waals surface area (Å²) in [6, 6.07) is 5.89. The van der Waals surface area contributed by atoms with Crippen LogP contribution in [0.2, 0.25) is 0 Å². The Morgan fingerprint density at radius 2 is 2.24 bits per heavy atom. The number of carbonyl (C=O) groups excluding carboxylic acids is 2. The van der Waals surface area contributed by atoms with Gasteiger partial charge in [-0.15, -0.1) is 0 Å². The van der Waals surface area contributed by atoms with E-state index >= 15 is 0 Å². The predicted molar refractivity (Wildman–Crippen MR) is 63.7 cm³/mol. The number of methoxy groups -OCH3 is 1. The monoisotopic (exact) mass is 233 g/mol. The number of ether oxygens (including phenoxy) is 1. The molecule has 0 radical (unpaired) electrons. The molecule has 0 aromatic heterocycles. The van der Waals surface area contributed by atoms with Crippen LogP contribution in [0.15, 0.2) is 18.2 Å². The number of benzene rings is 1. The van der Waals surface area contributed by atoms with Crippen molar-refractivity contribution in [3.05, 3.63) is 29.3 Å². The normalized spacial score (nSPS) is 13.8. The van der Waals surface area contributed by atoms with Crippen LogP contribution in [0, 0.1) is 0 Å². The Balaban J connectivity index is 2.06. The molecule has 0 bridgehead atoms. The third kappa shape index (κ3) is 2.84. The van der Waals surface area contributed by atoms with Crippen molar-refractivity contribution in [1.29, 1.82) is 0 Å². The minimum atomic E-state index is -0.198. The van der Waals surface area contributed by atoms with Crippen molar-refractivity contribution >= 4 is 17.6 Å². The van der Waals surface area contributed by atoms with Crippen LogP contribution >= 0.6 is 0 Å². The first-order valence-electron chi connectivity index (χ1n) is 5.67. The molecular formula is C13H15NO3. The summed E-state index contributed by atoms with van der Waals surface area (Å²) in [5, 5.41) is 2.83. The van der Waals surface area contributed by atoms with E-state index in [-0.39, 0.29) is 11.9 Å². The topological polar surface area (TPSA) is 55.4 Å². The fourth-order valence-electron chi connectivity index (χ4n) is 1.94. The van der Waals surface area contributed by atoms with Gasteiger partial charge in [-0.25, -0.2) is 0 Å². The molecule has 1 amide bonds. The molecule has 0 unspecified atom stereocenters. The molecule has 1 heterocycles. The number of amides is 1. The molecule has 2 rings (SSSR count). The van der Waals surface area contributed by atoms with Gasteiger partial charge in [0.2, 0.25) is 5.91 Å². The van der Waals surface area contributed by atoms with Gasteiger partial charge in [-0.1, -0.05) is 12.1 Å². The first-order valence-corrected chi connectivity index (χ1v) is 5.67. The van der Waals surface area contributed by atoms with Gasteiger partial charge in [0.15, 0.2) is 0 Å². The molecule has 1 aromatic carbocycles. The molecule has 90 valence electrons. The zero-order valence-electron chi connectivity index (χ0n) is 9.79. The summed E-state index contributed by atoms with van der Waals surface area (Å²) in [7, 11) is 1.39. The Hall–Kier alpha value is -1.84. The molecule has 0 spiro atoms. The second-order valence-corrected chi connectivity index (χ2v) is 4.12. The summed E-state index contributed by atoms with van der Waals surface area (Å²) in [5.74, 6) is -0.129. The number of aryl methyl sites for hydroxylation is 2. The lowest BCUT2D eigenvalue weighted by Crippen LogP contribution is -2.19. The zero-order chi connectivity index (χ0) is 12.3. The largest absolute Gasteiger partial charge is 0.469 e. The predicted octanol–water partition coefficient (Wildman–Crippen LogP) is 1.68. The van der Waals surface area contributed by atoms with Gasteiger partial charge in [-0.05, 0) is 30.0 Å². The third-order valence-electron chi connectivity index (χ3n) is 2.91. The molecule has 1 aliphatic rings. The Bertz CT molecular complexity index is 454. The van der Waals surface area contributed by atoms with Crippen LogP contribution in [0.1, 0.15) is 24.0 Å². The van der Waals surface area contributed by atoms with Crippen molar-refractivity contribution in [2.45, 2.75) is 25.7 Å². The molecule has 1 N–H and O–H groups in total. The SMILES string of the molecule is COC(=O)CCc1ccc2c(c1)CCC(=O)N2. The number of esters is 1. The Morgan fingerprint density at radius 1 is 1.41 bits per heavy atom. The minimum absolute atomic E-state index is 0.0693. The van der Waals surface area contributed by atoms with Gasteiger partial charge in [0, 0.05) is 18.5 Å². The maximum atomic E-state index is 11.2. The number of nitrogens with one attached hydrogen (secondary N) is 1. The molecular weight excluding hydrogens is 218 g/mol. The minimum Gasteiger partial charge on any atom is -0.469 e. The number of anilines is 1. The van der Waals surface area contributed by atoms with Crippen LogP contribution in [-0.4, -0.2) is 19.0 Å². The Morgan fingerprint density at radius 3 is 3.00 bits per heavy atom. The smallest absolute Gasteiger partial charge is 0.305 e. The summed E-state index contributed by atoms with van der Waals surface area (Å²) < 4.78 is 4.60. The first kappa shape index (κ1) is 11.6. The zero-order valence-corrected chi connectivity index (χ0v) is 9.79. The Kier molecular flexibility index (Phi) is 3.42. The summed E-state index contributed by atoms with van der Waals surface area (Å²) in [5.41, 5.74) is 3.14. The van der Waals surface area contributed by atoms with E-state index in [2.05, 4.69) is 16.1 Å². The molecule has 17 heavy (non-hydrogen) atoms. The highest BCUT2D eigenvalue weighted by molar-refractivity contribution is 5.93. The van der Waals surface area contributed by atoms with Gasteiger partial charge < -0.3 is 10.1 Å². The summed E-state index contributed by atoms with van der Waals surface area (Å²) in [6.45, 7) is 0. The first-order chi connectivity index (χ1) is 8.19.